The molecule has 0 fully saturated rings. The molecule has 2 aromatic carbocycles. The van der Waals surface area contributed by atoms with Gasteiger partial charge in [-0.05, 0) is 66.8 Å². The van der Waals surface area contributed by atoms with Crippen LogP contribution < -0.4 is 5.32 Å². The van der Waals surface area contributed by atoms with Crippen LogP contribution in [0, 0.1) is 20.8 Å². The average Bonchev–Trinajstić information content (AvgIpc) is 2.98. The number of hydrogen-bond acceptors (Lipinski definition) is 4. The molecule has 0 atom stereocenters. The number of aryl methyl sites for hydroxylation is 3. The van der Waals surface area contributed by atoms with Crippen LogP contribution in [0.15, 0.2) is 66.6 Å². The number of nitrogens with one attached hydrogen (secondary N) is 1. The summed E-state index contributed by atoms with van der Waals surface area (Å²) in [7, 11) is 0. The lowest BCUT2D eigenvalue weighted by Gasteiger charge is -2.15. The van der Waals surface area contributed by atoms with Gasteiger partial charge in [-0.25, -0.2) is 0 Å². The number of carbonyl (C=O) groups is 2. The molecule has 0 unspecified atom stereocenters. The standard InChI is InChI=1S/C25H22ClN3O2/c1-15-6-8-19(11-17(15)3)22-23(28-21-12-20(26)9-7-16(21)2)25(31)29(24(22)30)14-18-5-4-10-27-13-18/h4-13,28H,14H2,1-3H3. The zero-order chi connectivity index (χ0) is 22.1. The number of nitrogens with zero attached hydrogens (tertiary/aromatic N) is 2. The lowest BCUT2D eigenvalue weighted by Crippen LogP contribution is -2.32. The smallest absolute Gasteiger partial charge is 0.278 e. The molecule has 31 heavy (non-hydrogen) atoms. The fourth-order valence-electron chi connectivity index (χ4n) is 3.54. The quantitative estimate of drug-likeness (QED) is 0.574. The summed E-state index contributed by atoms with van der Waals surface area (Å²) in [6.45, 7) is 6.07. The first-order valence-corrected chi connectivity index (χ1v) is 10.3. The summed E-state index contributed by atoms with van der Waals surface area (Å²) in [5, 5.41) is 3.74. The third-order valence-corrected chi connectivity index (χ3v) is 5.72. The second-order valence-corrected chi connectivity index (χ2v) is 8.13. The average molecular weight is 432 g/mol. The molecule has 0 saturated heterocycles. The Kier molecular flexibility index (Phi) is 5.61. The summed E-state index contributed by atoms with van der Waals surface area (Å²) >= 11 is 6.17. The van der Waals surface area contributed by atoms with Gasteiger partial charge in [-0.15, -0.1) is 0 Å². The van der Waals surface area contributed by atoms with Gasteiger partial charge in [0.15, 0.2) is 0 Å². The highest BCUT2D eigenvalue weighted by atomic mass is 35.5. The maximum absolute atomic E-state index is 13.4. The molecule has 0 spiro atoms. The number of pyridine rings is 1. The zero-order valence-corrected chi connectivity index (χ0v) is 18.3. The number of anilines is 1. The monoisotopic (exact) mass is 431 g/mol. The molecule has 0 aliphatic carbocycles. The van der Waals surface area contributed by atoms with Crippen molar-refractivity contribution in [3.05, 3.63) is 99.5 Å². The topological polar surface area (TPSA) is 62.3 Å². The first-order valence-electron chi connectivity index (χ1n) is 9.95. The Morgan fingerprint density at radius 3 is 2.42 bits per heavy atom. The van der Waals surface area contributed by atoms with E-state index in [1.165, 1.54) is 4.90 Å². The second-order valence-electron chi connectivity index (χ2n) is 7.69. The van der Waals surface area contributed by atoms with Crippen LogP contribution in [0.1, 0.15) is 27.8 Å². The van der Waals surface area contributed by atoms with Gasteiger partial charge in [-0.1, -0.05) is 41.9 Å². The van der Waals surface area contributed by atoms with E-state index < -0.39 is 0 Å². The third kappa shape index (κ3) is 4.09. The van der Waals surface area contributed by atoms with Gasteiger partial charge in [-0.2, -0.15) is 0 Å². The molecule has 5 nitrogen and oxygen atoms in total. The van der Waals surface area contributed by atoms with Gasteiger partial charge in [0.05, 0.1) is 12.1 Å². The molecule has 1 aliphatic heterocycles. The molecule has 1 aromatic heterocycles. The summed E-state index contributed by atoms with van der Waals surface area (Å²) < 4.78 is 0. The van der Waals surface area contributed by atoms with E-state index in [-0.39, 0.29) is 24.1 Å². The normalized spacial score (nSPS) is 13.9. The Balaban J connectivity index is 1.80. The number of amides is 2. The zero-order valence-electron chi connectivity index (χ0n) is 17.6. The van der Waals surface area contributed by atoms with Gasteiger partial charge >= 0.3 is 0 Å². The van der Waals surface area contributed by atoms with E-state index >= 15 is 0 Å². The molecular weight excluding hydrogens is 410 g/mol. The van der Waals surface area contributed by atoms with Crippen LogP contribution in [0.4, 0.5) is 5.69 Å². The number of benzene rings is 2. The molecule has 1 aliphatic rings. The summed E-state index contributed by atoms with van der Waals surface area (Å²) in [4.78, 5) is 32.2. The lowest BCUT2D eigenvalue weighted by atomic mass is 9.99. The van der Waals surface area contributed by atoms with Gasteiger partial charge in [-0.3, -0.25) is 19.5 Å². The summed E-state index contributed by atoms with van der Waals surface area (Å²) in [6, 6.07) is 14.8. The molecule has 0 bridgehead atoms. The van der Waals surface area contributed by atoms with Crippen LogP contribution in [0.25, 0.3) is 5.57 Å². The van der Waals surface area contributed by atoms with Crippen LogP contribution in [0.2, 0.25) is 5.02 Å². The predicted molar refractivity (Wildman–Crippen MR) is 122 cm³/mol. The Hall–Kier alpha value is -3.44. The van der Waals surface area contributed by atoms with Gasteiger partial charge in [0.25, 0.3) is 11.8 Å². The molecule has 0 radical (unpaired) electrons. The van der Waals surface area contributed by atoms with Crippen LogP contribution in [-0.4, -0.2) is 21.7 Å². The highest BCUT2D eigenvalue weighted by Gasteiger charge is 2.39. The Morgan fingerprint density at radius 2 is 1.71 bits per heavy atom. The fraction of sp³-hybridized carbons (Fsp3) is 0.160. The van der Waals surface area contributed by atoms with Crippen molar-refractivity contribution in [3.63, 3.8) is 0 Å². The van der Waals surface area contributed by atoms with Crippen LogP contribution >= 0.6 is 11.6 Å². The first kappa shape index (κ1) is 20.8. The minimum Gasteiger partial charge on any atom is -0.350 e. The summed E-state index contributed by atoms with van der Waals surface area (Å²) in [6.07, 6.45) is 3.31. The molecule has 1 N–H and O–H groups in total. The summed E-state index contributed by atoms with van der Waals surface area (Å²) in [5.74, 6) is -0.708. The number of carbonyl (C=O) groups excluding carboxylic acids is 2. The first-order chi connectivity index (χ1) is 14.8. The van der Waals surface area contributed by atoms with Gasteiger partial charge in [0.1, 0.15) is 5.70 Å². The highest BCUT2D eigenvalue weighted by Crippen LogP contribution is 2.33. The van der Waals surface area contributed by atoms with Crippen molar-refractivity contribution in [3.8, 4) is 0 Å². The van der Waals surface area contributed by atoms with E-state index in [1.54, 1.807) is 30.6 Å². The molecule has 156 valence electrons. The summed E-state index contributed by atoms with van der Waals surface area (Å²) in [5.41, 5.74) is 5.87. The lowest BCUT2D eigenvalue weighted by molar-refractivity contribution is -0.137. The number of rotatable bonds is 5. The Labute approximate surface area is 186 Å². The molecule has 4 rings (SSSR count). The van der Waals surface area contributed by atoms with E-state index in [9.17, 15) is 9.59 Å². The van der Waals surface area contributed by atoms with Crippen molar-refractivity contribution in [1.29, 1.82) is 0 Å². The third-order valence-electron chi connectivity index (χ3n) is 5.49. The van der Waals surface area contributed by atoms with E-state index in [0.29, 0.717) is 21.8 Å². The van der Waals surface area contributed by atoms with Crippen LogP contribution in [-0.2, 0) is 16.1 Å². The fourth-order valence-corrected chi connectivity index (χ4v) is 3.71. The van der Waals surface area contributed by atoms with Crippen LogP contribution in [0.3, 0.4) is 0 Å². The predicted octanol–water partition coefficient (Wildman–Crippen LogP) is 5.05. The largest absolute Gasteiger partial charge is 0.350 e. The molecular formula is C25H22ClN3O2. The maximum Gasteiger partial charge on any atom is 0.278 e. The maximum atomic E-state index is 13.4. The number of imide groups is 1. The molecule has 3 aromatic rings. The molecule has 2 amide bonds. The second kappa shape index (κ2) is 8.36. The SMILES string of the molecule is Cc1ccc(C2=C(Nc3cc(Cl)ccc3C)C(=O)N(Cc3cccnc3)C2=O)cc1C. The van der Waals surface area contributed by atoms with Crippen LogP contribution in [0.5, 0.6) is 0 Å². The van der Waals surface area contributed by atoms with Gasteiger partial charge in [0.2, 0.25) is 0 Å². The molecule has 0 saturated carbocycles. The van der Waals surface area contributed by atoms with Crippen molar-refractivity contribution in [2.24, 2.45) is 0 Å². The number of halogens is 1. The van der Waals surface area contributed by atoms with Gasteiger partial charge < -0.3 is 5.32 Å². The van der Waals surface area contributed by atoms with Crippen molar-refractivity contribution in [1.82, 2.24) is 9.88 Å². The Bertz CT molecular complexity index is 1220. The van der Waals surface area contributed by atoms with Crippen molar-refractivity contribution >= 4 is 34.7 Å². The molecule has 6 heteroatoms. The Morgan fingerprint density at radius 1 is 0.935 bits per heavy atom. The van der Waals surface area contributed by atoms with E-state index in [4.69, 9.17) is 11.6 Å². The minimum absolute atomic E-state index is 0.152. The van der Waals surface area contributed by atoms with Crippen molar-refractivity contribution < 1.29 is 9.59 Å². The van der Waals surface area contributed by atoms with E-state index in [1.807, 2.05) is 51.1 Å². The van der Waals surface area contributed by atoms with Crippen molar-refractivity contribution in [2.75, 3.05) is 5.32 Å². The minimum atomic E-state index is -0.374. The molecule has 2 heterocycles. The van der Waals surface area contributed by atoms with Gasteiger partial charge in [0, 0.05) is 23.1 Å². The number of aromatic nitrogens is 1. The highest BCUT2D eigenvalue weighted by molar-refractivity contribution is 6.36. The van der Waals surface area contributed by atoms with E-state index in [2.05, 4.69) is 10.3 Å². The van der Waals surface area contributed by atoms with E-state index in [0.717, 1.165) is 22.3 Å². The number of hydrogen-bond donors (Lipinski definition) is 1. The van der Waals surface area contributed by atoms with Crippen molar-refractivity contribution in [2.45, 2.75) is 27.3 Å².